The fourth-order valence-corrected chi connectivity index (χ4v) is 1.37. The number of allylic oxidation sites excluding steroid dienone is 1. The van der Waals surface area contributed by atoms with Crippen LogP contribution in [-0.4, -0.2) is 31.7 Å². The topological polar surface area (TPSA) is 131 Å². The highest BCUT2D eigenvalue weighted by Crippen LogP contribution is 2.04. The van der Waals surface area contributed by atoms with E-state index in [2.05, 4.69) is 16.4 Å². The summed E-state index contributed by atoms with van der Waals surface area (Å²) in [5.41, 5.74) is 14.8. The van der Waals surface area contributed by atoms with Crippen molar-refractivity contribution >= 4 is 16.1 Å². The smallest absolute Gasteiger partial charge is 0.261 e. The van der Waals surface area contributed by atoms with Gasteiger partial charge in [-0.2, -0.15) is 8.42 Å². The lowest BCUT2D eigenvalue weighted by Crippen LogP contribution is -2.31. The minimum absolute atomic E-state index is 0.468. The summed E-state index contributed by atoms with van der Waals surface area (Å²) in [7, 11) is -3.67. The van der Waals surface area contributed by atoms with Gasteiger partial charge in [-0.05, 0) is 25.0 Å². The van der Waals surface area contributed by atoms with Crippen molar-refractivity contribution in [2.24, 2.45) is 16.5 Å². The minimum atomic E-state index is -3.67. The second kappa shape index (κ2) is 10.8. The van der Waals surface area contributed by atoms with Gasteiger partial charge in [0.1, 0.15) is 0 Å². The van der Waals surface area contributed by atoms with Gasteiger partial charge in [0.15, 0.2) is 5.96 Å². The molecule has 130 valence electrons. The first-order valence-corrected chi connectivity index (χ1v) is 8.84. The number of aliphatic imine (C=N–C) groups is 1. The Morgan fingerprint density at radius 3 is 2.17 bits per heavy atom. The summed E-state index contributed by atoms with van der Waals surface area (Å²) < 4.78 is 25.9. The van der Waals surface area contributed by atoms with Gasteiger partial charge in [-0.25, -0.2) is 4.99 Å². The zero-order chi connectivity index (χ0) is 17.9. The largest absolute Gasteiger partial charge is 0.370 e. The van der Waals surface area contributed by atoms with Crippen molar-refractivity contribution in [2.75, 3.05) is 12.8 Å². The predicted octanol–water partition coefficient (Wildman–Crippen LogP) is 1.02. The third-order valence-electron chi connectivity index (χ3n) is 2.48. The summed E-state index contributed by atoms with van der Waals surface area (Å²) >= 11 is 0. The Morgan fingerprint density at radius 1 is 1.26 bits per heavy atom. The van der Waals surface area contributed by atoms with Gasteiger partial charge >= 0.3 is 0 Å². The van der Waals surface area contributed by atoms with Crippen molar-refractivity contribution in [3.63, 3.8) is 0 Å². The monoisotopic (exact) mass is 342 g/mol. The lowest BCUT2D eigenvalue weighted by molar-refractivity contribution is 0.490. The van der Waals surface area contributed by atoms with Crippen LogP contribution in [0.25, 0.3) is 0 Å². The first kappa shape index (κ1) is 21.1. The lowest BCUT2D eigenvalue weighted by Gasteiger charge is -2.03. The molecule has 0 heterocycles. The Balaban J connectivity index is 0.000000841. The van der Waals surface area contributed by atoms with E-state index in [0.717, 1.165) is 11.1 Å². The Morgan fingerprint density at radius 2 is 1.74 bits per heavy atom. The molecule has 0 aromatic heterocycles. The molecule has 8 heteroatoms. The van der Waals surface area contributed by atoms with E-state index in [4.69, 9.17) is 16.0 Å². The molecule has 6 N–H and O–H groups in total. The van der Waals surface area contributed by atoms with E-state index >= 15 is 0 Å². The Hall–Kier alpha value is -1.90. The van der Waals surface area contributed by atoms with Crippen LogP contribution in [0.1, 0.15) is 25.0 Å². The summed E-state index contributed by atoms with van der Waals surface area (Å²) in [4.78, 5) is 4.27. The quantitative estimate of drug-likeness (QED) is 0.273. The van der Waals surface area contributed by atoms with Crippen molar-refractivity contribution in [3.05, 3.63) is 47.0 Å². The third-order valence-corrected chi connectivity index (χ3v) is 2.48. The summed E-state index contributed by atoms with van der Waals surface area (Å²) in [6, 6.07) is 8.07. The molecule has 0 aliphatic heterocycles. The highest BCUT2D eigenvalue weighted by Gasteiger charge is 1.94. The van der Waals surface area contributed by atoms with E-state index in [1.807, 2.05) is 38.1 Å². The van der Waals surface area contributed by atoms with Gasteiger partial charge in [0.05, 0.1) is 12.8 Å². The maximum absolute atomic E-state index is 9.19. The van der Waals surface area contributed by atoms with Gasteiger partial charge in [0.25, 0.3) is 10.1 Å². The van der Waals surface area contributed by atoms with Crippen LogP contribution in [-0.2, 0) is 23.2 Å². The molecule has 0 fully saturated rings. The van der Waals surface area contributed by atoms with E-state index in [-0.39, 0.29) is 0 Å². The molecule has 0 radical (unpaired) electrons. The van der Waals surface area contributed by atoms with Crippen LogP contribution in [0, 0.1) is 0 Å². The number of hydrogen-bond acceptors (Lipinski definition) is 4. The number of nitrogens with one attached hydrogen (secondary N) is 1. The molecule has 0 bridgehead atoms. The van der Waals surface area contributed by atoms with E-state index < -0.39 is 10.1 Å². The molecule has 0 saturated heterocycles. The average molecular weight is 342 g/mol. The summed E-state index contributed by atoms with van der Waals surface area (Å²) in [5.74, 6) is 0.468. The van der Waals surface area contributed by atoms with Crippen LogP contribution >= 0.6 is 0 Å². The SMILES string of the molecule is CC(C)=CCNC(N)=NCc1ccc(CN)cc1.CS(=O)(=O)O. The Bertz CT molecular complexity index is 611. The molecule has 0 aliphatic rings. The first-order valence-electron chi connectivity index (χ1n) is 6.99. The molecule has 0 amide bonds. The fourth-order valence-electron chi connectivity index (χ4n) is 1.37. The van der Waals surface area contributed by atoms with Crippen LogP contribution in [0.5, 0.6) is 0 Å². The van der Waals surface area contributed by atoms with Crippen LogP contribution in [0.2, 0.25) is 0 Å². The van der Waals surface area contributed by atoms with Gasteiger partial charge < -0.3 is 16.8 Å². The second-order valence-electron chi connectivity index (χ2n) is 5.12. The van der Waals surface area contributed by atoms with Crippen LogP contribution in [0.3, 0.4) is 0 Å². The molecule has 7 nitrogen and oxygen atoms in total. The molecule has 0 aliphatic carbocycles. The lowest BCUT2D eigenvalue weighted by atomic mass is 10.1. The zero-order valence-electron chi connectivity index (χ0n) is 13.8. The van der Waals surface area contributed by atoms with Gasteiger partial charge in [-0.15, -0.1) is 0 Å². The predicted molar refractivity (Wildman–Crippen MR) is 94.6 cm³/mol. The van der Waals surface area contributed by atoms with E-state index in [1.54, 1.807) is 0 Å². The summed E-state index contributed by atoms with van der Waals surface area (Å²) in [6.07, 6.45) is 2.78. The molecule has 1 aromatic carbocycles. The Kier molecular flexibility index (Phi) is 9.87. The number of nitrogens with zero attached hydrogens (tertiary/aromatic N) is 1. The molecular weight excluding hydrogens is 316 g/mol. The van der Waals surface area contributed by atoms with Crippen LogP contribution < -0.4 is 16.8 Å². The number of rotatable bonds is 5. The highest BCUT2D eigenvalue weighted by atomic mass is 32.2. The third kappa shape index (κ3) is 14.8. The van der Waals surface area contributed by atoms with Crippen molar-refractivity contribution in [1.29, 1.82) is 0 Å². The normalized spacial score (nSPS) is 11.3. The summed E-state index contributed by atoms with van der Waals surface area (Å²) in [6.45, 7) is 5.96. The molecule has 23 heavy (non-hydrogen) atoms. The molecule has 0 unspecified atom stereocenters. The van der Waals surface area contributed by atoms with E-state index in [1.165, 1.54) is 5.57 Å². The fraction of sp³-hybridized carbons (Fsp3) is 0.400. The number of benzene rings is 1. The molecule has 0 spiro atoms. The number of hydrogen-bond donors (Lipinski definition) is 4. The van der Waals surface area contributed by atoms with Crippen molar-refractivity contribution < 1.29 is 13.0 Å². The van der Waals surface area contributed by atoms with Gasteiger partial charge in [-0.3, -0.25) is 4.55 Å². The number of guanidine groups is 1. The first-order chi connectivity index (χ1) is 10.6. The molecule has 0 atom stereocenters. The highest BCUT2D eigenvalue weighted by molar-refractivity contribution is 7.85. The Labute approximate surface area is 138 Å². The van der Waals surface area contributed by atoms with Crippen molar-refractivity contribution in [3.8, 4) is 0 Å². The summed E-state index contributed by atoms with van der Waals surface area (Å²) in [5, 5.41) is 3.04. The van der Waals surface area contributed by atoms with Crippen molar-refractivity contribution in [2.45, 2.75) is 26.9 Å². The maximum atomic E-state index is 9.19. The maximum Gasteiger partial charge on any atom is 0.261 e. The van der Waals surface area contributed by atoms with Crippen molar-refractivity contribution in [1.82, 2.24) is 5.32 Å². The van der Waals surface area contributed by atoms with Gasteiger partial charge in [0.2, 0.25) is 0 Å². The number of nitrogens with two attached hydrogens (primary N) is 2. The van der Waals surface area contributed by atoms with Gasteiger partial charge in [-0.1, -0.05) is 35.9 Å². The van der Waals surface area contributed by atoms with Gasteiger partial charge in [0, 0.05) is 13.1 Å². The average Bonchev–Trinajstić information content (AvgIpc) is 2.43. The van der Waals surface area contributed by atoms with E-state index in [9.17, 15) is 8.42 Å². The van der Waals surface area contributed by atoms with Crippen LogP contribution in [0.15, 0.2) is 40.9 Å². The zero-order valence-corrected chi connectivity index (χ0v) is 14.6. The van der Waals surface area contributed by atoms with E-state index in [0.29, 0.717) is 31.8 Å². The standard InChI is InChI=1S/C14H22N4.CH4O3S/c1-11(2)7-8-17-14(16)18-10-13-5-3-12(9-15)4-6-13;1-5(2,3)4/h3-7H,8-10,15H2,1-2H3,(H3,16,17,18);1H3,(H,2,3,4). The minimum Gasteiger partial charge on any atom is -0.370 e. The molecular formula is C15H26N4O3S. The van der Waals surface area contributed by atoms with Crippen LogP contribution in [0.4, 0.5) is 0 Å². The second-order valence-corrected chi connectivity index (χ2v) is 6.58. The molecule has 1 rings (SSSR count). The molecule has 0 saturated carbocycles. The molecule has 1 aromatic rings.